The minimum absolute atomic E-state index is 0. The lowest BCUT2D eigenvalue weighted by Crippen LogP contribution is -2.43. The zero-order chi connectivity index (χ0) is 15.7. The molecule has 0 aromatic rings. The first kappa shape index (κ1) is 21.6. The zero-order valence-corrected chi connectivity index (χ0v) is 10.6. The predicted molar refractivity (Wildman–Crippen MR) is 73.4 cm³/mol. The molecule has 0 aliphatic heterocycles. The number of nitrogens with zero attached hydrogens (tertiary/aromatic N) is 2. The van der Waals surface area contributed by atoms with Gasteiger partial charge in [0.25, 0.3) is 0 Å². The fourth-order valence-corrected chi connectivity index (χ4v) is 1.48. The molecule has 21 heavy (non-hydrogen) atoms. The maximum Gasteiger partial charge on any atom is 0.317 e. The van der Waals surface area contributed by atoms with Crippen LogP contribution in [0, 0.1) is 0 Å². The van der Waals surface area contributed by atoms with Gasteiger partial charge in [0.05, 0.1) is 26.2 Å². The van der Waals surface area contributed by atoms with Gasteiger partial charge in [0, 0.05) is 13.1 Å². The van der Waals surface area contributed by atoms with E-state index < -0.39 is 50.1 Å². The summed E-state index contributed by atoms with van der Waals surface area (Å²) in [7, 11) is 0. The molecule has 0 saturated carbocycles. The van der Waals surface area contributed by atoms with Crippen LogP contribution in [0.1, 0.15) is 0 Å². The first-order valence-corrected chi connectivity index (χ1v) is 5.52. The Morgan fingerprint density at radius 3 is 0.905 bits per heavy atom. The Morgan fingerprint density at radius 1 is 0.571 bits per heavy atom. The number of aliphatic carboxylic acids is 4. The number of carboxylic acids is 4. The van der Waals surface area contributed by atoms with Crippen molar-refractivity contribution < 1.29 is 39.6 Å². The standard InChI is InChI=1S/C10H16N2O8.Al.3H/c13-7(14)3-11(4-8(15)16)1-2-12(5-9(17)18)6-10(19)20;;;;/h1-6H2,(H,13,14)(H,15,16)(H,17,18)(H,19,20);;;;. The molecule has 0 amide bonds. The third-order valence-electron chi connectivity index (χ3n) is 2.17. The van der Waals surface area contributed by atoms with E-state index in [9.17, 15) is 19.2 Å². The average molecular weight is 322 g/mol. The van der Waals surface area contributed by atoms with Crippen LogP contribution in [0.3, 0.4) is 0 Å². The molecule has 120 valence electrons. The minimum Gasteiger partial charge on any atom is -0.480 e. The second-order valence-corrected chi connectivity index (χ2v) is 4.00. The van der Waals surface area contributed by atoms with Crippen LogP contribution in [0.2, 0.25) is 0 Å². The molecule has 0 bridgehead atoms. The van der Waals surface area contributed by atoms with Crippen molar-refractivity contribution in [2.45, 2.75) is 0 Å². The molecule has 11 heteroatoms. The molecular formula is C10H19AlN2O8. The van der Waals surface area contributed by atoms with Gasteiger partial charge in [0.1, 0.15) is 0 Å². The molecule has 0 unspecified atom stereocenters. The summed E-state index contributed by atoms with van der Waals surface area (Å²) in [5.74, 6) is -4.91. The first-order chi connectivity index (χ1) is 9.20. The van der Waals surface area contributed by atoms with Gasteiger partial charge in [0.15, 0.2) is 17.4 Å². The molecular weight excluding hydrogens is 303 g/mol. The van der Waals surface area contributed by atoms with Crippen molar-refractivity contribution >= 4 is 41.2 Å². The fraction of sp³-hybridized carbons (Fsp3) is 0.600. The summed E-state index contributed by atoms with van der Waals surface area (Å²) in [6.45, 7) is -2.25. The molecule has 0 rings (SSSR count). The van der Waals surface area contributed by atoms with Crippen molar-refractivity contribution in [1.82, 2.24) is 9.80 Å². The maximum absolute atomic E-state index is 10.6. The molecule has 0 aromatic heterocycles. The van der Waals surface area contributed by atoms with E-state index in [0.29, 0.717) is 0 Å². The molecule has 0 heterocycles. The lowest BCUT2D eigenvalue weighted by molar-refractivity contribution is -0.145. The van der Waals surface area contributed by atoms with Crippen LogP contribution in [-0.4, -0.2) is 111 Å². The normalized spacial score (nSPS) is 10.2. The summed E-state index contributed by atoms with van der Waals surface area (Å²) < 4.78 is 0. The second kappa shape index (κ2) is 11.0. The lowest BCUT2D eigenvalue weighted by Gasteiger charge is -2.23. The van der Waals surface area contributed by atoms with Gasteiger partial charge in [-0.05, 0) is 0 Å². The zero-order valence-electron chi connectivity index (χ0n) is 10.6. The summed E-state index contributed by atoms with van der Waals surface area (Å²) in [6, 6.07) is 0. The largest absolute Gasteiger partial charge is 0.480 e. The number of hydrogen-bond acceptors (Lipinski definition) is 6. The average Bonchev–Trinajstić information content (AvgIpc) is 2.22. The molecule has 0 spiro atoms. The van der Waals surface area contributed by atoms with Crippen molar-refractivity contribution in [3.63, 3.8) is 0 Å². The van der Waals surface area contributed by atoms with E-state index in [1.807, 2.05) is 0 Å². The van der Waals surface area contributed by atoms with E-state index in [4.69, 9.17) is 20.4 Å². The summed E-state index contributed by atoms with van der Waals surface area (Å²) in [5, 5.41) is 34.5. The highest BCUT2D eigenvalue weighted by Gasteiger charge is 2.17. The van der Waals surface area contributed by atoms with Crippen LogP contribution in [0.5, 0.6) is 0 Å². The highest BCUT2D eigenvalue weighted by molar-refractivity contribution is 5.75. The van der Waals surface area contributed by atoms with Crippen LogP contribution in [0.15, 0.2) is 0 Å². The van der Waals surface area contributed by atoms with Crippen LogP contribution >= 0.6 is 0 Å². The van der Waals surface area contributed by atoms with E-state index in [1.54, 1.807) is 0 Å². The molecule has 0 saturated heterocycles. The molecule has 4 N–H and O–H groups in total. The number of hydrogen-bond donors (Lipinski definition) is 4. The Bertz CT molecular complexity index is 321. The highest BCUT2D eigenvalue weighted by Crippen LogP contribution is 1.94. The van der Waals surface area contributed by atoms with Gasteiger partial charge in [-0.1, -0.05) is 0 Å². The molecule has 0 atom stereocenters. The van der Waals surface area contributed by atoms with Gasteiger partial charge in [-0.15, -0.1) is 0 Å². The van der Waals surface area contributed by atoms with Crippen molar-refractivity contribution in [3.05, 3.63) is 0 Å². The van der Waals surface area contributed by atoms with E-state index in [-0.39, 0.29) is 30.5 Å². The summed E-state index contributed by atoms with van der Waals surface area (Å²) in [5.41, 5.74) is 0. The number of carbonyl (C=O) groups is 4. The van der Waals surface area contributed by atoms with Crippen molar-refractivity contribution in [2.24, 2.45) is 0 Å². The van der Waals surface area contributed by atoms with Gasteiger partial charge in [-0.2, -0.15) is 0 Å². The van der Waals surface area contributed by atoms with Crippen LogP contribution in [0.4, 0.5) is 0 Å². The highest BCUT2D eigenvalue weighted by atomic mass is 27.0. The smallest absolute Gasteiger partial charge is 0.317 e. The molecule has 10 nitrogen and oxygen atoms in total. The monoisotopic (exact) mass is 322 g/mol. The molecule has 0 fully saturated rings. The Kier molecular flexibility index (Phi) is 11.4. The lowest BCUT2D eigenvalue weighted by atomic mass is 10.4. The third kappa shape index (κ3) is 13.1. The molecule has 0 aliphatic carbocycles. The second-order valence-electron chi connectivity index (χ2n) is 4.00. The van der Waals surface area contributed by atoms with E-state index >= 15 is 0 Å². The Hall–Kier alpha value is -1.67. The van der Waals surface area contributed by atoms with Crippen LogP contribution in [-0.2, 0) is 19.2 Å². The molecule has 0 aliphatic rings. The fourth-order valence-electron chi connectivity index (χ4n) is 1.48. The van der Waals surface area contributed by atoms with E-state index in [2.05, 4.69) is 0 Å². The van der Waals surface area contributed by atoms with Crippen LogP contribution in [0.25, 0.3) is 0 Å². The van der Waals surface area contributed by atoms with Gasteiger partial charge >= 0.3 is 23.9 Å². The maximum atomic E-state index is 10.6. The van der Waals surface area contributed by atoms with Gasteiger partial charge in [0.2, 0.25) is 0 Å². The Labute approximate surface area is 130 Å². The van der Waals surface area contributed by atoms with Crippen molar-refractivity contribution in [2.75, 3.05) is 39.3 Å². The van der Waals surface area contributed by atoms with E-state index in [1.165, 1.54) is 0 Å². The first-order valence-electron chi connectivity index (χ1n) is 5.52. The minimum atomic E-state index is -1.23. The van der Waals surface area contributed by atoms with Crippen molar-refractivity contribution in [3.8, 4) is 0 Å². The molecule has 0 radical (unpaired) electrons. The summed E-state index contributed by atoms with van der Waals surface area (Å²) in [4.78, 5) is 44.4. The Balaban J connectivity index is 0. The van der Waals surface area contributed by atoms with Crippen LogP contribution < -0.4 is 0 Å². The molecule has 0 aromatic carbocycles. The SMILES string of the molecule is O=C(O)CN(CCN(CC(=O)O)CC(=O)O)CC(=O)O.[AlH3]. The summed E-state index contributed by atoms with van der Waals surface area (Å²) >= 11 is 0. The number of rotatable bonds is 11. The number of carboxylic acid groups (broad SMARTS) is 4. The van der Waals surface area contributed by atoms with Crippen molar-refractivity contribution in [1.29, 1.82) is 0 Å². The topological polar surface area (TPSA) is 156 Å². The summed E-state index contributed by atoms with van der Waals surface area (Å²) in [6.07, 6.45) is 0. The Morgan fingerprint density at radius 2 is 0.762 bits per heavy atom. The van der Waals surface area contributed by atoms with E-state index in [0.717, 1.165) is 9.80 Å². The van der Waals surface area contributed by atoms with Gasteiger partial charge in [-0.25, -0.2) is 0 Å². The van der Waals surface area contributed by atoms with Gasteiger partial charge < -0.3 is 20.4 Å². The van der Waals surface area contributed by atoms with Gasteiger partial charge in [-0.3, -0.25) is 29.0 Å². The third-order valence-corrected chi connectivity index (χ3v) is 2.17. The predicted octanol–water partition coefficient (Wildman–Crippen LogP) is -3.26. The quantitative estimate of drug-likeness (QED) is 0.285.